The zero-order chi connectivity index (χ0) is 18.1. The molecule has 0 aliphatic carbocycles. The van der Waals surface area contributed by atoms with Crippen molar-refractivity contribution in [1.82, 2.24) is 14.5 Å². The number of pyridine rings is 1. The van der Waals surface area contributed by atoms with E-state index in [-0.39, 0.29) is 25.9 Å². The second-order valence-corrected chi connectivity index (χ2v) is 6.71. The van der Waals surface area contributed by atoms with Gasteiger partial charge in [-0.2, -0.15) is 0 Å². The molecule has 25 heavy (non-hydrogen) atoms. The third kappa shape index (κ3) is 3.42. The Labute approximate surface area is 163 Å². The lowest BCUT2D eigenvalue weighted by Gasteiger charge is -2.10. The first-order chi connectivity index (χ1) is 11.9. The first kappa shape index (κ1) is 18.3. The van der Waals surface area contributed by atoms with Crippen molar-refractivity contribution in [2.45, 2.75) is 19.9 Å². The Hall–Kier alpha value is -1.53. The molecule has 0 unspecified atom stereocenters. The topological polar surface area (TPSA) is 59.8 Å². The molecule has 1 N–H and O–H groups in total. The van der Waals surface area contributed by atoms with Crippen LogP contribution in [-0.2, 0) is 6.54 Å². The summed E-state index contributed by atoms with van der Waals surface area (Å²) in [4.78, 5) is 21.0. The summed E-state index contributed by atoms with van der Waals surface area (Å²) in [5, 5.41) is 2.55. The molecule has 1 aromatic carbocycles. The average molecular weight is 418 g/mol. The second kappa shape index (κ2) is 7.38. The molecule has 9 heteroatoms. The number of hydrogen-bond donors (Lipinski definition) is 1. The Morgan fingerprint density at radius 1 is 1.08 bits per heavy atom. The van der Waals surface area contributed by atoms with Gasteiger partial charge in [0.15, 0.2) is 5.69 Å². The standard InChI is InChI=1S/C16H12Cl4N4O/c1-2-7-24-9-6-4-3-5-8(9)21-16(24)23-15(25)13-11(18)10(17)12(19)14(20)22-13/h3-6H,2,7H2,1H3,(H,21,23,25). The van der Waals surface area contributed by atoms with E-state index in [0.29, 0.717) is 12.5 Å². The number of anilines is 1. The SMILES string of the molecule is CCCn1c(NC(=O)c2nc(Cl)c(Cl)c(Cl)c2Cl)nc2ccccc21. The third-order valence-corrected chi connectivity index (χ3v) is 5.20. The van der Waals surface area contributed by atoms with Crippen molar-refractivity contribution in [3.8, 4) is 0 Å². The van der Waals surface area contributed by atoms with Gasteiger partial charge in [0, 0.05) is 6.54 Å². The van der Waals surface area contributed by atoms with Crippen LogP contribution in [-0.4, -0.2) is 20.4 Å². The van der Waals surface area contributed by atoms with Crippen LogP contribution in [0.15, 0.2) is 24.3 Å². The minimum absolute atomic E-state index is 0.00287. The van der Waals surface area contributed by atoms with Crippen LogP contribution in [0.2, 0.25) is 20.2 Å². The van der Waals surface area contributed by atoms with Gasteiger partial charge in [-0.1, -0.05) is 65.5 Å². The van der Waals surface area contributed by atoms with Crippen LogP contribution in [0, 0.1) is 0 Å². The van der Waals surface area contributed by atoms with E-state index >= 15 is 0 Å². The Bertz CT molecular complexity index is 970. The van der Waals surface area contributed by atoms with E-state index in [1.807, 2.05) is 35.8 Å². The first-order valence-electron chi connectivity index (χ1n) is 7.40. The lowest BCUT2D eigenvalue weighted by atomic mass is 10.3. The van der Waals surface area contributed by atoms with Crippen LogP contribution in [0.3, 0.4) is 0 Å². The summed E-state index contributed by atoms with van der Waals surface area (Å²) in [5.74, 6) is -0.175. The molecule has 0 aliphatic rings. The summed E-state index contributed by atoms with van der Waals surface area (Å²) in [6.45, 7) is 2.73. The number of carbonyl (C=O) groups excluding carboxylic acids is 1. The monoisotopic (exact) mass is 416 g/mol. The van der Waals surface area contributed by atoms with E-state index in [1.165, 1.54) is 0 Å². The van der Waals surface area contributed by atoms with Crippen molar-refractivity contribution in [2.24, 2.45) is 0 Å². The van der Waals surface area contributed by atoms with Gasteiger partial charge >= 0.3 is 0 Å². The predicted octanol–water partition coefficient (Wildman–Crippen LogP) is 5.71. The number of halogens is 4. The molecule has 1 amide bonds. The normalized spacial score (nSPS) is 11.1. The highest BCUT2D eigenvalue weighted by Crippen LogP contribution is 2.36. The number of aromatic nitrogens is 3. The molecule has 0 spiro atoms. The van der Waals surface area contributed by atoms with Crippen molar-refractivity contribution in [2.75, 3.05) is 5.32 Å². The summed E-state index contributed by atoms with van der Waals surface area (Å²) < 4.78 is 1.92. The molecule has 130 valence electrons. The van der Waals surface area contributed by atoms with Gasteiger partial charge in [0.2, 0.25) is 5.95 Å². The van der Waals surface area contributed by atoms with Crippen LogP contribution < -0.4 is 5.32 Å². The Morgan fingerprint density at radius 3 is 2.52 bits per heavy atom. The Balaban J connectivity index is 2.02. The average Bonchev–Trinajstić information content (AvgIpc) is 2.94. The molecule has 5 nitrogen and oxygen atoms in total. The fourth-order valence-electron chi connectivity index (χ4n) is 2.42. The highest BCUT2D eigenvalue weighted by atomic mass is 35.5. The molecule has 2 heterocycles. The molecule has 2 aromatic heterocycles. The maximum Gasteiger partial charge on any atom is 0.278 e. The van der Waals surface area contributed by atoms with E-state index in [0.717, 1.165) is 17.5 Å². The molecule has 0 saturated heterocycles. The van der Waals surface area contributed by atoms with Crippen LogP contribution in [0.25, 0.3) is 11.0 Å². The number of imidazole rings is 1. The van der Waals surface area contributed by atoms with Crippen molar-refractivity contribution in [3.05, 3.63) is 50.2 Å². The molecular formula is C16H12Cl4N4O. The smallest absolute Gasteiger partial charge is 0.278 e. The van der Waals surface area contributed by atoms with E-state index < -0.39 is 5.91 Å². The number of hydrogen-bond acceptors (Lipinski definition) is 3. The summed E-state index contributed by atoms with van der Waals surface area (Å²) in [7, 11) is 0. The zero-order valence-corrected chi connectivity index (χ0v) is 16.0. The number of amides is 1. The number of benzene rings is 1. The summed E-state index contributed by atoms with van der Waals surface area (Å²) in [6.07, 6.45) is 0.876. The summed E-state index contributed by atoms with van der Waals surface area (Å²) >= 11 is 23.9. The number of aryl methyl sites for hydroxylation is 1. The summed E-state index contributed by atoms with van der Waals surface area (Å²) in [5.41, 5.74) is 1.58. The minimum atomic E-state index is -0.571. The number of para-hydroxylation sites is 2. The van der Waals surface area contributed by atoms with Gasteiger partial charge in [0.1, 0.15) is 5.15 Å². The van der Waals surface area contributed by atoms with Gasteiger partial charge in [0.05, 0.1) is 26.1 Å². The third-order valence-electron chi connectivity index (χ3n) is 3.53. The minimum Gasteiger partial charge on any atom is -0.310 e. The highest BCUT2D eigenvalue weighted by molar-refractivity contribution is 6.52. The van der Waals surface area contributed by atoms with Gasteiger partial charge in [-0.05, 0) is 18.6 Å². The molecule has 0 saturated carbocycles. The molecule has 0 radical (unpaired) electrons. The number of nitrogens with one attached hydrogen (secondary N) is 1. The van der Waals surface area contributed by atoms with Crippen molar-refractivity contribution in [1.29, 1.82) is 0 Å². The Kier molecular flexibility index (Phi) is 5.39. The quantitative estimate of drug-likeness (QED) is 0.553. The van der Waals surface area contributed by atoms with Crippen LogP contribution in [0.4, 0.5) is 5.95 Å². The number of rotatable bonds is 4. The van der Waals surface area contributed by atoms with E-state index in [9.17, 15) is 4.79 Å². The molecule has 3 aromatic rings. The van der Waals surface area contributed by atoms with Crippen molar-refractivity contribution in [3.63, 3.8) is 0 Å². The van der Waals surface area contributed by atoms with E-state index in [1.54, 1.807) is 0 Å². The molecule has 0 aliphatic heterocycles. The number of fused-ring (bicyclic) bond motifs is 1. The lowest BCUT2D eigenvalue weighted by Crippen LogP contribution is -2.18. The van der Waals surface area contributed by atoms with Gasteiger partial charge in [-0.25, -0.2) is 9.97 Å². The molecule has 3 rings (SSSR count). The fraction of sp³-hybridized carbons (Fsp3) is 0.188. The van der Waals surface area contributed by atoms with Gasteiger partial charge in [-0.3, -0.25) is 10.1 Å². The lowest BCUT2D eigenvalue weighted by molar-refractivity contribution is 0.102. The van der Waals surface area contributed by atoms with Crippen LogP contribution in [0.1, 0.15) is 23.8 Å². The van der Waals surface area contributed by atoms with Crippen LogP contribution >= 0.6 is 46.4 Å². The van der Waals surface area contributed by atoms with Crippen LogP contribution in [0.5, 0.6) is 0 Å². The van der Waals surface area contributed by atoms with E-state index in [4.69, 9.17) is 46.4 Å². The fourth-order valence-corrected chi connectivity index (χ4v) is 3.23. The first-order valence-corrected chi connectivity index (χ1v) is 8.91. The maximum atomic E-state index is 12.6. The maximum absolute atomic E-state index is 12.6. The number of carbonyl (C=O) groups is 1. The second-order valence-electron chi connectivity index (χ2n) is 5.22. The molecule has 0 fully saturated rings. The highest BCUT2D eigenvalue weighted by Gasteiger charge is 2.22. The largest absolute Gasteiger partial charge is 0.310 e. The Morgan fingerprint density at radius 2 is 1.80 bits per heavy atom. The van der Waals surface area contributed by atoms with E-state index in [2.05, 4.69) is 15.3 Å². The molecular weight excluding hydrogens is 406 g/mol. The van der Waals surface area contributed by atoms with Gasteiger partial charge in [0.25, 0.3) is 5.91 Å². The van der Waals surface area contributed by atoms with Gasteiger partial charge in [-0.15, -0.1) is 0 Å². The molecule has 0 atom stereocenters. The number of nitrogens with zero attached hydrogens (tertiary/aromatic N) is 3. The zero-order valence-electron chi connectivity index (χ0n) is 13.0. The predicted molar refractivity (Wildman–Crippen MR) is 102 cm³/mol. The van der Waals surface area contributed by atoms with Gasteiger partial charge < -0.3 is 4.57 Å². The summed E-state index contributed by atoms with van der Waals surface area (Å²) in [6, 6.07) is 7.61. The van der Waals surface area contributed by atoms with Crippen molar-refractivity contribution >= 4 is 69.3 Å². The molecule has 0 bridgehead atoms. The van der Waals surface area contributed by atoms with Crippen molar-refractivity contribution < 1.29 is 4.79 Å².